The fraction of sp³-hybridized carbons (Fsp3) is 0.294. The van der Waals surface area contributed by atoms with Gasteiger partial charge in [-0.15, -0.1) is 0 Å². The molecule has 20 heavy (non-hydrogen) atoms. The van der Waals surface area contributed by atoms with Gasteiger partial charge in [0.2, 0.25) is 0 Å². The van der Waals surface area contributed by atoms with Gasteiger partial charge in [-0.3, -0.25) is 0 Å². The normalized spacial score (nSPS) is 10.3. The van der Waals surface area contributed by atoms with Gasteiger partial charge in [-0.25, -0.2) is 9.78 Å². The van der Waals surface area contributed by atoms with E-state index < -0.39 is 0 Å². The van der Waals surface area contributed by atoms with Crippen molar-refractivity contribution >= 4 is 5.97 Å². The van der Waals surface area contributed by atoms with Crippen LogP contribution in [-0.4, -0.2) is 17.6 Å². The van der Waals surface area contributed by atoms with E-state index in [0.717, 1.165) is 23.2 Å². The maximum atomic E-state index is 11.6. The molecule has 104 valence electrons. The second-order valence-corrected chi connectivity index (χ2v) is 4.60. The number of rotatable bonds is 4. The Labute approximate surface area is 119 Å². The quantitative estimate of drug-likeness (QED) is 0.793. The molecule has 0 bridgehead atoms. The molecule has 0 aliphatic carbocycles. The Kier molecular flexibility index (Phi) is 4.51. The number of carbonyl (C=O) groups excluding carboxylic acids is 1. The number of pyridine rings is 1. The topological polar surface area (TPSA) is 39.2 Å². The molecule has 2 rings (SSSR count). The van der Waals surface area contributed by atoms with Gasteiger partial charge < -0.3 is 4.74 Å². The molecule has 0 aliphatic rings. The highest BCUT2D eigenvalue weighted by Crippen LogP contribution is 2.23. The van der Waals surface area contributed by atoms with Gasteiger partial charge in [0.25, 0.3) is 0 Å². The number of carbonyl (C=O) groups is 1. The van der Waals surface area contributed by atoms with E-state index in [1.54, 1.807) is 13.0 Å². The van der Waals surface area contributed by atoms with Crippen LogP contribution in [0.5, 0.6) is 0 Å². The maximum Gasteiger partial charge on any atom is 0.356 e. The summed E-state index contributed by atoms with van der Waals surface area (Å²) in [4.78, 5) is 16.0. The van der Waals surface area contributed by atoms with Gasteiger partial charge in [0.05, 0.1) is 6.61 Å². The third kappa shape index (κ3) is 3.05. The first-order chi connectivity index (χ1) is 9.65. The van der Waals surface area contributed by atoms with E-state index in [0.29, 0.717) is 12.3 Å². The van der Waals surface area contributed by atoms with E-state index in [4.69, 9.17) is 4.74 Å². The molecule has 1 aromatic carbocycles. The molecule has 0 unspecified atom stereocenters. The summed E-state index contributed by atoms with van der Waals surface area (Å²) in [6.07, 6.45) is 1.03. The third-order valence-electron chi connectivity index (χ3n) is 3.24. The van der Waals surface area contributed by atoms with Crippen molar-refractivity contribution in [2.24, 2.45) is 0 Å². The molecule has 0 N–H and O–H groups in total. The molecule has 0 amide bonds. The molecule has 0 saturated heterocycles. The van der Waals surface area contributed by atoms with Crippen LogP contribution in [-0.2, 0) is 11.2 Å². The van der Waals surface area contributed by atoms with E-state index in [1.807, 2.05) is 13.0 Å². The molecule has 3 heteroatoms. The molecule has 0 saturated carbocycles. The van der Waals surface area contributed by atoms with E-state index in [1.165, 1.54) is 5.56 Å². The highest BCUT2D eigenvalue weighted by Gasteiger charge is 2.11. The SMILES string of the molecule is CCOC(=O)c1ccc(-c2ccc(CC)cc2)c(C)n1. The van der Waals surface area contributed by atoms with E-state index >= 15 is 0 Å². The largest absolute Gasteiger partial charge is 0.461 e. The first kappa shape index (κ1) is 14.3. The zero-order chi connectivity index (χ0) is 14.5. The van der Waals surface area contributed by atoms with Crippen LogP contribution in [0.3, 0.4) is 0 Å². The summed E-state index contributed by atoms with van der Waals surface area (Å²) in [7, 11) is 0. The second kappa shape index (κ2) is 6.33. The van der Waals surface area contributed by atoms with Crippen molar-refractivity contribution in [2.75, 3.05) is 6.61 Å². The molecule has 0 spiro atoms. The third-order valence-corrected chi connectivity index (χ3v) is 3.24. The molecule has 2 aromatic rings. The highest BCUT2D eigenvalue weighted by atomic mass is 16.5. The highest BCUT2D eigenvalue weighted by molar-refractivity contribution is 5.88. The van der Waals surface area contributed by atoms with Gasteiger partial charge in [-0.2, -0.15) is 0 Å². The minimum absolute atomic E-state index is 0.360. The summed E-state index contributed by atoms with van der Waals surface area (Å²) in [6.45, 7) is 6.19. The second-order valence-electron chi connectivity index (χ2n) is 4.60. The lowest BCUT2D eigenvalue weighted by Gasteiger charge is -2.08. The number of hydrogen-bond acceptors (Lipinski definition) is 3. The summed E-state index contributed by atoms with van der Waals surface area (Å²) < 4.78 is 4.96. The Hall–Kier alpha value is -2.16. The van der Waals surface area contributed by atoms with Gasteiger partial charge >= 0.3 is 5.97 Å². The van der Waals surface area contributed by atoms with Gasteiger partial charge in [0.15, 0.2) is 0 Å². The maximum absolute atomic E-state index is 11.6. The summed E-state index contributed by atoms with van der Waals surface area (Å²) in [5.74, 6) is -0.372. The zero-order valence-electron chi connectivity index (χ0n) is 12.1. The molecule has 0 aliphatic heterocycles. The average molecular weight is 269 g/mol. The smallest absolute Gasteiger partial charge is 0.356 e. The average Bonchev–Trinajstić information content (AvgIpc) is 2.47. The first-order valence-corrected chi connectivity index (χ1v) is 6.89. The number of aryl methyl sites for hydroxylation is 2. The van der Waals surface area contributed by atoms with Crippen molar-refractivity contribution in [1.82, 2.24) is 4.98 Å². The predicted molar refractivity (Wildman–Crippen MR) is 79.7 cm³/mol. The first-order valence-electron chi connectivity index (χ1n) is 6.89. The van der Waals surface area contributed by atoms with Crippen molar-refractivity contribution in [2.45, 2.75) is 27.2 Å². The van der Waals surface area contributed by atoms with E-state index in [-0.39, 0.29) is 5.97 Å². The minimum atomic E-state index is -0.372. The molecular formula is C17H19NO2. The van der Waals surface area contributed by atoms with Crippen LogP contribution in [0.25, 0.3) is 11.1 Å². The number of benzene rings is 1. The number of hydrogen-bond donors (Lipinski definition) is 0. The summed E-state index contributed by atoms with van der Waals surface area (Å²) in [5.41, 5.74) is 4.66. The van der Waals surface area contributed by atoms with Crippen molar-refractivity contribution in [1.29, 1.82) is 0 Å². The Balaban J connectivity index is 2.31. The Bertz CT molecular complexity index is 603. The van der Waals surface area contributed by atoms with Gasteiger partial charge in [-0.1, -0.05) is 37.3 Å². The van der Waals surface area contributed by atoms with Crippen molar-refractivity contribution in [3.8, 4) is 11.1 Å². The van der Waals surface area contributed by atoms with Crippen molar-refractivity contribution in [3.63, 3.8) is 0 Å². The van der Waals surface area contributed by atoms with Gasteiger partial charge in [-0.05, 0) is 37.5 Å². The molecule has 1 aromatic heterocycles. The van der Waals surface area contributed by atoms with Crippen molar-refractivity contribution in [3.05, 3.63) is 53.3 Å². The lowest BCUT2D eigenvalue weighted by Crippen LogP contribution is -2.08. The standard InChI is InChI=1S/C17H19NO2/c1-4-13-6-8-14(9-7-13)15-10-11-16(18-12(15)3)17(19)20-5-2/h6-11H,4-5H2,1-3H3. The minimum Gasteiger partial charge on any atom is -0.461 e. The van der Waals surface area contributed by atoms with Crippen LogP contribution in [0.15, 0.2) is 36.4 Å². The lowest BCUT2D eigenvalue weighted by molar-refractivity contribution is 0.0519. The number of esters is 1. The molecule has 0 atom stereocenters. The summed E-state index contributed by atoms with van der Waals surface area (Å²) in [6, 6.07) is 12.1. The number of nitrogens with zero attached hydrogens (tertiary/aromatic N) is 1. The fourth-order valence-electron chi connectivity index (χ4n) is 2.10. The summed E-state index contributed by atoms with van der Waals surface area (Å²) >= 11 is 0. The fourth-order valence-corrected chi connectivity index (χ4v) is 2.10. The van der Waals surface area contributed by atoms with Gasteiger partial charge in [0, 0.05) is 11.3 Å². The number of ether oxygens (including phenoxy) is 1. The molecule has 1 heterocycles. The van der Waals surface area contributed by atoms with Crippen LogP contribution in [0.2, 0.25) is 0 Å². The molecule has 0 radical (unpaired) electrons. The molecular weight excluding hydrogens is 250 g/mol. The summed E-state index contributed by atoms with van der Waals surface area (Å²) in [5, 5.41) is 0. The Morgan fingerprint density at radius 3 is 2.35 bits per heavy atom. The molecule has 0 fully saturated rings. The lowest BCUT2D eigenvalue weighted by atomic mass is 10.0. The van der Waals surface area contributed by atoms with Crippen molar-refractivity contribution < 1.29 is 9.53 Å². The monoisotopic (exact) mass is 269 g/mol. The van der Waals surface area contributed by atoms with E-state index in [9.17, 15) is 4.79 Å². The van der Waals surface area contributed by atoms with Crippen LogP contribution >= 0.6 is 0 Å². The molecule has 3 nitrogen and oxygen atoms in total. The van der Waals surface area contributed by atoms with Crippen LogP contribution in [0.4, 0.5) is 0 Å². The predicted octanol–water partition coefficient (Wildman–Crippen LogP) is 3.80. The Morgan fingerprint density at radius 1 is 1.10 bits per heavy atom. The van der Waals surface area contributed by atoms with Crippen LogP contribution < -0.4 is 0 Å². The van der Waals surface area contributed by atoms with Crippen LogP contribution in [0, 0.1) is 6.92 Å². The van der Waals surface area contributed by atoms with E-state index in [2.05, 4.69) is 36.2 Å². The van der Waals surface area contributed by atoms with Gasteiger partial charge in [0.1, 0.15) is 5.69 Å². The number of aromatic nitrogens is 1. The Morgan fingerprint density at radius 2 is 1.80 bits per heavy atom. The van der Waals surface area contributed by atoms with Crippen LogP contribution in [0.1, 0.15) is 35.6 Å². The zero-order valence-corrected chi connectivity index (χ0v) is 12.1.